The number of aryl methyl sites for hydroxylation is 2. The van der Waals surface area contributed by atoms with Crippen molar-refractivity contribution in [2.45, 2.75) is 38.8 Å². The lowest BCUT2D eigenvalue weighted by molar-refractivity contribution is 0.413. The summed E-state index contributed by atoms with van der Waals surface area (Å²) >= 11 is 0. The first kappa shape index (κ1) is 24.8. The van der Waals surface area contributed by atoms with E-state index in [1.807, 2.05) is 47.5 Å². The summed E-state index contributed by atoms with van der Waals surface area (Å²) in [4.78, 5) is 26.4. The molecule has 1 N–H and O–H groups in total. The molecule has 1 atom stereocenters. The van der Waals surface area contributed by atoms with E-state index < -0.39 is 17.7 Å². The third kappa shape index (κ3) is 4.45. The number of ether oxygens (including phenoxy) is 1. The van der Waals surface area contributed by atoms with Crippen molar-refractivity contribution in [2.24, 2.45) is 12.0 Å². The smallest absolute Gasteiger partial charge is 0.264 e. The first-order valence-corrected chi connectivity index (χ1v) is 12.8. The number of hydrogen-bond acceptors (Lipinski definition) is 4. The predicted octanol–water partition coefficient (Wildman–Crippen LogP) is 4.79. The second-order valence-electron chi connectivity index (χ2n) is 10.0. The number of H-pyrrole nitrogens is 1. The van der Waals surface area contributed by atoms with Crippen LogP contribution in [0.2, 0.25) is 0 Å². The minimum absolute atomic E-state index is 0.119. The number of hydrogen-bond donors (Lipinski definition) is 1. The fourth-order valence-corrected chi connectivity index (χ4v) is 4.95. The van der Waals surface area contributed by atoms with Crippen LogP contribution in [0.15, 0.2) is 64.8 Å². The lowest BCUT2D eigenvalue weighted by Gasteiger charge is -2.19. The number of methoxy groups -OCH3 is 1. The molecule has 0 saturated heterocycles. The average molecular weight is 531 g/mol. The molecule has 1 unspecified atom stereocenters. The van der Waals surface area contributed by atoms with Gasteiger partial charge in [-0.1, -0.05) is 6.07 Å². The SMILES string of the molecule is COc1cc(-c2cc3c(=O)n(C(C)c4cc(F)cc(F)c4)/c(=N/C4CC4)n(C)c3[nH]2)ccc1-n1cnc(C)c1. The maximum absolute atomic E-state index is 14.1. The lowest BCUT2D eigenvalue weighted by Crippen LogP contribution is -2.42. The molecular formula is C29H28F2N6O2. The fourth-order valence-electron chi connectivity index (χ4n) is 4.95. The summed E-state index contributed by atoms with van der Waals surface area (Å²) in [6.07, 6.45) is 5.52. The largest absolute Gasteiger partial charge is 0.495 e. The Balaban J connectivity index is 1.53. The maximum Gasteiger partial charge on any atom is 0.264 e. The summed E-state index contributed by atoms with van der Waals surface area (Å²) in [5.41, 5.74) is 4.40. The number of rotatable bonds is 6. The molecule has 5 aromatic rings. The third-order valence-corrected chi connectivity index (χ3v) is 7.18. The summed E-state index contributed by atoms with van der Waals surface area (Å²) in [7, 11) is 3.45. The van der Waals surface area contributed by atoms with Gasteiger partial charge in [-0.25, -0.2) is 18.8 Å². The number of imidazole rings is 1. The van der Waals surface area contributed by atoms with E-state index in [4.69, 9.17) is 9.73 Å². The van der Waals surface area contributed by atoms with Crippen molar-refractivity contribution in [3.63, 3.8) is 0 Å². The van der Waals surface area contributed by atoms with Crippen LogP contribution in [0.1, 0.15) is 37.1 Å². The molecule has 0 spiro atoms. The van der Waals surface area contributed by atoms with Gasteiger partial charge >= 0.3 is 0 Å². The summed E-state index contributed by atoms with van der Waals surface area (Å²) < 4.78 is 39.1. The Labute approximate surface area is 222 Å². The monoisotopic (exact) mass is 530 g/mol. The Morgan fingerprint density at radius 2 is 1.87 bits per heavy atom. The van der Waals surface area contributed by atoms with Gasteiger partial charge in [0.25, 0.3) is 5.56 Å². The number of aromatic nitrogens is 5. The lowest BCUT2D eigenvalue weighted by atomic mass is 10.1. The number of halogens is 2. The highest BCUT2D eigenvalue weighted by molar-refractivity contribution is 5.83. The normalized spacial score (nSPS) is 14.8. The van der Waals surface area contributed by atoms with Crippen LogP contribution >= 0.6 is 0 Å². The van der Waals surface area contributed by atoms with Crippen molar-refractivity contribution in [1.29, 1.82) is 0 Å². The fraction of sp³-hybridized carbons (Fsp3) is 0.276. The molecule has 1 fully saturated rings. The molecule has 3 heterocycles. The molecule has 2 aromatic carbocycles. The first-order chi connectivity index (χ1) is 18.7. The number of benzene rings is 2. The molecule has 8 nitrogen and oxygen atoms in total. The van der Waals surface area contributed by atoms with Gasteiger partial charge < -0.3 is 18.9 Å². The van der Waals surface area contributed by atoms with Crippen molar-refractivity contribution >= 4 is 11.0 Å². The quantitative estimate of drug-likeness (QED) is 0.343. The van der Waals surface area contributed by atoms with E-state index in [1.165, 1.54) is 16.7 Å². The van der Waals surface area contributed by atoms with E-state index in [0.29, 0.717) is 28.0 Å². The number of nitrogens with one attached hydrogen (secondary N) is 1. The molecule has 200 valence electrons. The van der Waals surface area contributed by atoms with Crippen LogP contribution in [0.4, 0.5) is 8.78 Å². The Hall–Kier alpha value is -4.47. The van der Waals surface area contributed by atoms with Gasteiger partial charge in [-0.2, -0.15) is 0 Å². The molecule has 1 aliphatic rings. The zero-order valence-corrected chi connectivity index (χ0v) is 22.1. The van der Waals surface area contributed by atoms with Gasteiger partial charge in [0.2, 0.25) is 5.62 Å². The maximum atomic E-state index is 14.1. The molecule has 0 aliphatic heterocycles. The molecule has 10 heteroatoms. The van der Waals surface area contributed by atoms with Crippen LogP contribution in [-0.2, 0) is 7.05 Å². The van der Waals surface area contributed by atoms with Gasteiger partial charge in [-0.05, 0) is 62.6 Å². The Bertz CT molecular complexity index is 1840. The first-order valence-electron chi connectivity index (χ1n) is 12.8. The van der Waals surface area contributed by atoms with E-state index >= 15 is 0 Å². The van der Waals surface area contributed by atoms with Crippen LogP contribution < -0.4 is 15.9 Å². The van der Waals surface area contributed by atoms with Crippen molar-refractivity contribution in [2.75, 3.05) is 7.11 Å². The van der Waals surface area contributed by atoms with Gasteiger partial charge in [0.15, 0.2) is 0 Å². The Morgan fingerprint density at radius 3 is 2.51 bits per heavy atom. The molecule has 6 rings (SSSR count). The number of fused-ring (bicyclic) bond motifs is 1. The second-order valence-corrected chi connectivity index (χ2v) is 10.0. The zero-order chi connectivity index (χ0) is 27.4. The molecule has 0 amide bonds. The van der Waals surface area contributed by atoms with E-state index in [1.54, 1.807) is 26.4 Å². The van der Waals surface area contributed by atoms with Gasteiger partial charge in [0.1, 0.15) is 23.0 Å². The molecular weight excluding hydrogens is 502 g/mol. The molecule has 0 radical (unpaired) electrons. The summed E-state index contributed by atoms with van der Waals surface area (Å²) in [6.45, 7) is 3.67. The Kier molecular flexibility index (Phi) is 5.97. The molecule has 39 heavy (non-hydrogen) atoms. The Morgan fingerprint density at radius 1 is 1.13 bits per heavy atom. The standard InChI is InChI=1S/C29H28F2N6O2/c1-16-14-36(15-32-16)25-8-5-18(11-26(25)39-4)24-13-23-27(34-24)35(3)29(33-22-6-7-22)37(28(23)38)17(2)19-9-20(30)12-21(31)10-19/h5,8-15,17,22,34H,6-7H2,1-4H3/b33-29+. The van der Waals surface area contributed by atoms with E-state index in [0.717, 1.165) is 41.5 Å². The van der Waals surface area contributed by atoms with Crippen molar-refractivity contribution in [1.82, 2.24) is 23.7 Å². The van der Waals surface area contributed by atoms with E-state index in [2.05, 4.69) is 9.97 Å². The van der Waals surface area contributed by atoms with Gasteiger partial charge in [-0.3, -0.25) is 9.36 Å². The van der Waals surface area contributed by atoms with E-state index in [-0.39, 0.29) is 11.6 Å². The van der Waals surface area contributed by atoms with Crippen LogP contribution in [0.5, 0.6) is 5.75 Å². The summed E-state index contributed by atoms with van der Waals surface area (Å²) in [5, 5.41) is 0.444. The van der Waals surface area contributed by atoms with Gasteiger partial charge in [-0.15, -0.1) is 0 Å². The van der Waals surface area contributed by atoms with Crippen LogP contribution in [-0.4, -0.2) is 36.8 Å². The van der Waals surface area contributed by atoms with Crippen LogP contribution in [0.3, 0.4) is 0 Å². The molecule has 1 aliphatic carbocycles. The van der Waals surface area contributed by atoms with Crippen LogP contribution in [0.25, 0.3) is 28.0 Å². The topological polar surface area (TPSA) is 82.1 Å². The van der Waals surface area contributed by atoms with Crippen LogP contribution in [0, 0.1) is 18.6 Å². The highest BCUT2D eigenvalue weighted by Gasteiger charge is 2.24. The summed E-state index contributed by atoms with van der Waals surface area (Å²) in [6, 6.07) is 10.4. The predicted molar refractivity (Wildman–Crippen MR) is 144 cm³/mol. The van der Waals surface area contributed by atoms with Crippen molar-refractivity contribution < 1.29 is 13.5 Å². The zero-order valence-electron chi connectivity index (χ0n) is 22.1. The average Bonchev–Trinajstić information content (AvgIpc) is 3.44. The third-order valence-electron chi connectivity index (χ3n) is 7.18. The number of aromatic amines is 1. The van der Waals surface area contributed by atoms with Crippen molar-refractivity contribution in [3.05, 3.63) is 93.9 Å². The summed E-state index contributed by atoms with van der Waals surface area (Å²) in [5.74, 6) is -0.733. The number of nitrogens with zero attached hydrogens (tertiary/aromatic N) is 5. The van der Waals surface area contributed by atoms with Gasteiger partial charge in [0.05, 0.1) is 42.3 Å². The minimum atomic E-state index is -0.691. The highest BCUT2D eigenvalue weighted by Crippen LogP contribution is 2.31. The molecule has 3 aromatic heterocycles. The molecule has 0 bridgehead atoms. The highest BCUT2D eigenvalue weighted by atomic mass is 19.1. The molecule has 1 saturated carbocycles. The van der Waals surface area contributed by atoms with E-state index in [9.17, 15) is 13.6 Å². The van der Waals surface area contributed by atoms with Gasteiger partial charge in [0, 0.05) is 30.6 Å². The van der Waals surface area contributed by atoms with Crippen molar-refractivity contribution in [3.8, 4) is 22.7 Å². The minimum Gasteiger partial charge on any atom is -0.495 e. The second kappa shape index (κ2) is 9.37.